The van der Waals surface area contributed by atoms with Gasteiger partial charge in [-0.15, -0.1) is 0 Å². The predicted molar refractivity (Wildman–Crippen MR) is 123 cm³/mol. The highest BCUT2D eigenvalue weighted by Gasteiger charge is 2.27. The van der Waals surface area contributed by atoms with Crippen molar-refractivity contribution in [3.63, 3.8) is 0 Å². The lowest BCUT2D eigenvalue weighted by molar-refractivity contribution is -0.122. The highest BCUT2D eigenvalue weighted by Crippen LogP contribution is 2.42. The molecule has 1 amide bonds. The van der Waals surface area contributed by atoms with Crippen LogP contribution in [0.25, 0.3) is 0 Å². The number of amides is 1. The molecule has 0 unspecified atom stereocenters. The number of rotatable bonds is 10. The summed E-state index contributed by atoms with van der Waals surface area (Å²) in [6.07, 6.45) is 4.93. The molecule has 31 heavy (non-hydrogen) atoms. The molecule has 2 fully saturated rings. The molecule has 1 atom stereocenters. The van der Waals surface area contributed by atoms with E-state index in [-0.39, 0.29) is 5.91 Å². The fourth-order valence-electron chi connectivity index (χ4n) is 4.19. The van der Waals surface area contributed by atoms with E-state index in [4.69, 9.17) is 16.3 Å². The number of nitrogens with one attached hydrogen (secondary N) is 3. The smallest absolute Gasteiger partial charge is 0.247 e. The molecule has 3 N–H and O–H groups in total. The standard InChI is InChI=1S/C25H30ClN3O2/c26-22-10-19(17-3-4-17)9-20(11-22)24(25(30)28-7-8-31-15-16-1-2-16)29-23-6-5-18-13-27-14-21(18)12-23/h5-6,9-12,16-17,24,27,29H,1-4,7-8,13-15H2,(H,28,30)/t24-/m1/s1. The molecule has 0 aromatic heterocycles. The van der Waals surface area contributed by atoms with Crippen molar-refractivity contribution in [3.8, 4) is 0 Å². The van der Waals surface area contributed by atoms with Crippen LogP contribution < -0.4 is 16.0 Å². The molecular formula is C25H30ClN3O2. The maximum Gasteiger partial charge on any atom is 0.247 e. The molecule has 5 rings (SSSR count). The maximum atomic E-state index is 13.2. The van der Waals surface area contributed by atoms with Gasteiger partial charge in [0.1, 0.15) is 6.04 Å². The van der Waals surface area contributed by atoms with Crippen LogP contribution in [-0.2, 0) is 22.6 Å². The van der Waals surface area contributed by atoms with Crippen LogP contribution in [0.2, 0.25) is 5.02 Å². The van der Waals surface area contributed by atoms with E-state index in [0.717, 1.165) is 36.9 Å². The Labute approximate surface area is 188 Å². The Balaban J connectivity index is 1.32. The van der Waals surface area contributed by atoms with Crippen molar-refractivity contribution >= 4 is 23.2 Å². The summed E-state index contributed by atoms with van der Waals surface area (Å²) in [5, 5.41) is 10.6. The molecule has 2 saturated carbocycles. The summed E-state index contributed by atoms with van der Waals surface area (Å²) in [7, 11) is 0. The molecule has 1 heterocycles. The number of ether oxygens (including phenoxy) is 1. The summed E-state index contributed by atoms with van der Waals surface area (Å²) < 4.78 is 5.68. The molecular weight excluding hydrogens is 410 g/mol. The normalized spacial score (nSPS) is 18.5. The predicted octanol–water partition coefficient (Wildman–Crippen LogP) is 4.52. The number of fused-ring (bicyclic) bond motifs is 1. The fourth-order valence-corrected chi connectivity index (χ4v) is 4.44. The molecule has 2 aliphatic carbocycles. The van der Waals surface area contributed by atoms with Gasteiger partial charge >= 0.3 is 0 Å². The van der Waals surface area contributed by atoms with E-state index in [2.05, 4.69) is 40.2 Å². The van der Waals surface area contributed by atoms with Crippen LogP contribution in [0.4, 0.5) is 5.69 Å². The second kappa shape index (κ2) is 9.19. The first-order valence-electron chi connectivity index (χ1n) is 11.4. The van der Waals surface area contributed by atoms with E-state index in [1.165, 1.54) is 42.4 Å². The van der Waals surface area contributed by atoms with Crippen molar-refractivity contribution in [3.05, 3.63) is 63.7 Å². The number of halogens is 1. The van der Waals surface area contributed by atoms with Crippen LogP contribution in [0.15, 0.2) is 36.4 Å². The van der Waals surface area contributed by atoms with E-state index in [9.17, 15) is 4.79 Å². The van der Waals surface area contributed by atoms with Gasteiger partial charge in [0.25, 0.3) is 0 Å². The molecule has 0 spiro atoms. The summed E-state index contributed by atoms with van der Waals surface area (Å²) in [6, 6.07) is 11.9. The summed E-state index contributed by atoms with van der Waals surface area (Å²) in [5.41, 5.74) is 5.68. The summed E-state index contributed by atoms with van der Waals surface area (Å²) in [4.78, 5) is 13.2. The van der Waals surface area contributed by atoms with E-state index in [0.29, 0.717) is 24.1 Å². The first-order valence-corrected chi connectivity index (χ1v) is 11.8. The SMILES string of the molecule is O=C(NCCOCC1CC1)[C@H](Nc1ccc2c(c1)CNC2)c1cc(Cl)cc(C2CC2)c1. The first kappa shape index (κ1) is 20.8. The van der Waals surface area contributed by atoms with Gasteiger partial charge in [0.2, 0.25) is 5.91 Å². The van der Waals surface area contributed by atoms with Gasteiger partial charge in [-0.2, -0.15) is 0 Å². The van der Waals surface area contributed by atoms with Gasteiger partial charge in [0.15, 0.2) is 0 Å². The van der Waals surface area contributed by atoms with Crippen molar-refractivity contribution in [1.29, 1.82) is 0 Å². The second-order valence-corrected chi connectivity index (χ2v) is 9.50. The quantitative estimate of drug-likeness (QED) is 0.476. The molecule has 0 radical (unpaired) electrons. The Morgan fingerprint density at radius 2 is 1.94 bits per heavy atom. The third-order valence-corrected chi connectivity index (χ3v) is 6.55. The summed E-state index contributed by atoms with van der Waals surface area (Å²) in [5.74, 6) is 1.24. The Kier molecular flexibility index (Phi) is 6.17. The maximum absolute atomic E-state index is 13.2. The average Bonchev–Trinajstić information content (AvgIpc) is 3.69. The molecule has 2 aromatic carbocycles. The highest BCUT2D eigenvalue weighted by atomic mass is 35.5. The molecule has 2 aromatic rings. The average molecular weight is 440 g/mol. The Bertz CT molecular complexity index is 956. The minimum absolute atomic E-state index is 0.0577. The number of benzene rings is 2. The Hall–Kier alpha value is -2.08. The number of anilines is 1. The summed E-state index contributed by atoms with van der Waals surface area (Å²) in [6.45, 7) is 3.62. The minimum atomic E-state index is -0.507. The van der Waals surface area contributed by atoms with E-state index >= 15 is 0 Å². The van der Waals surface area contributed by atoms with Crippen LogP contribution in [0, 0.1) is 5.92 Å². The van der Waals surface area contributed by atoms with Crippen LogP contribution in [-0.4, -0.2) is 25.7 Å². The lowest BCUT2D eigenvalue weighted by atomic mass is 10.00. The van der Waals surface area contributed by atoms with Gasteiger partial charge in [-0.1, -0.05) is 23.7 Å². The molecule has 6 heteroatoms. The topological polar surface area (TPSA) is 62.4 Å². The Morgan fingerprint density at radius 1 is 1.10 bits per heavy atom. The van der Waals surface area contributed by atoms with E-state index in [1.54, 1.807) is 0 Å². The molecule has 1 aliphatic heterocycles. The molecule has 0 saturated heterocycles. The van der Waals surface area contributed by atoms with Gasteiger partial charge in [0.05, 0.1) is 6.61 Å². The number of carbonyl (C=O) groups excluding carboxylic acids is 1. The lowest BCUT2D eigenvalue weighted by Crippen LogP contribution is -2.35. The van der Waals surface area contributed by atoms with Crippen molar-refractivity contribution in [2.24, 2.45) is 5.92 Å². The van der Waals surface area contributed by atoms with Crippen molar-refractivity contribution in [2.45, 2.75) is 50.7 Å². The van der Waals surface area contributed by atoms with Crippen LogP contribution in [0.1, 0.15) is 59.9 Å². The third-order valence-electron chi connectivity index (χ3n) is 6.33. The zero-order valence-corrected chi connectivity index (χ0v) is 18.5. The number of carbonyl (C=O) groups is 1. The largest absolute Gasteiger partial charge is 0.379 e. The van der Waals surface area contributed by atoms with Crippen LogP contribution in [0.3, 0.4) is 0 Å². The lowest BCUT2D eigenvalue weighted by Gasteiger charge is -2.21. The van der Waals surface area contributed by atoms with E-state index < -0.39 is 6.04 Å². The number of hydrogen-bond donors (Lipinski definition) is 3. The molecule has 164 valence electrons. The molecule has 5 nitrogen and oxygen atoms in total. The highest BCUT2D eigenvalue weighted by molar-refractivity contribution is 6.30. The Morgan fingerprint density at radius 3 is 2.74 bits per heavy atom. The third kappa shape index (κ3) is 5.40. The van der Waals surface area contributed by atoms with Gasteiger partial charge in [-0.3, -0.25) is 4.79 Å². The zero-order valence-electron chi connectivity index (χ0n) is 17.8. The summed E-state index contributed by atoms with van der Waals surface area (Å²) >= 11 is 6.44. The van der Waals surface area contributed by atoms with E-state index in [1.807, 2.05) is 12.1 Å². The molecule has 0 bridgehead atoms. The van der Waals surface area contributed by atoms with Gasteiger partial charge < -0.3 is 20.7 Å². The second-order valence-electron chi connectivity index (χ2n) is 9.07. The van der Waals surface area contributed by atoms with Gasteiger partial charge in [-0.25, -0.2) is 0 Å². The van der Waals surface area contributed by atoms with Crippen molar-refractivity contribution in [2.75, 3.05) is 25.1 Å². The van der Waals surface area contributed by atoms with Gasteiger partial charge in [0, 0.05) is 37.0 Å². The van der Waals surface area contributed by atoms with Crippen LogP contribution >= 0.6 is 11.6 Å². The zero-order chi connectivity index (χ0) is 21.2. The van der Waals surface area contributed by atoms with Crippen molar-refractivity contribution < 1.29 is 9.53 Å². The molecule has 3 aliphatic rings. The first-order chi connectivity index (χ1) is 15.2. The minimum Gasteiger partial charge on any atom is -0.379 e. The monoisotopic (exact) mass is 439 g/mol. The van der Waals surface area contributed by atoms with Gasteiger partial charge in [-0.05, 0) is 84.0 Å². The van der Waals surface area contributed by atoms with Crippen molar-refractivity contribution in [1.82, 2.24) is 10.6 Å². The van der Waals surface area contributed by atoms with Crippen LogP contribution in [0.5, 0.6) is 0 Å². The number of hydrogen-bond acceptors (Lipinski definition) is 4. The fraction of sp³-hybridized carbons (Fsp3) is 0.480.